The molecule has 0 saturated carbocycles. The van der Waals surface area contributed by atoms with E-state index in [1.807, 2.05) is 0 Å². The minimum Gasteiger partial charge on any atom is -0.267 e. The average molecular weight is 409 g/mol. The number of hydrogen-bond acceptors (Lipinski definition) is 4. The predicted molar refractivity (Wildman–Crippen MR) is 102 cm³/mol. The van der Waals surface area contributed by atoms with E-state index in [4.69, 9.17) is 0 Å². The van der Waals surface area contributed by atoms with Crippen molar-refractivity contribution in [2.75, 3.05) is 0 Å². The van der Waals surface area contributed by atoms with E-state index in [0.29, 0.717) is 41.6 Å². The molecule has 5 rings (SSSR count). The largest absolute Gasteiger partial charge is 0.278 e. The summed E-state index contributed by atoms with van der Waals surface area (Å²) in [6.07, 6.45) is 2.31. The monoisotopic (exact) mass is 409 g/mol. The zero-order valence-electron chi connectivity index (χ0n) is 15.5. The van der Waals surface area contributed by atoms with Crippen LogP contribution in [0.2, 0.25) is 0 Å². The summed E-state index contributed by atoms with van der Waals surface area (Å²) in [5.41, 5.74) is 5.78. The molecule has 3 aromatic rings. The number of amides is 1. The lowest BCUT2D eigenvalue weighted by Crippen LogP contribution is -2.30. The molecular weight excluding hydrogens is 395 g/mol. The topological polar surface area (TPSA) is 63.4 Å². The van der Waals surface area contributed by atoms with Gasteiger partial charge in [0.1, 0.15) is 23.0 Å². The number of benzene rings is 2. The van der Waals surface area contributed by atoms with E-state index in [0.717, 1.165) is 11.6 Å². The third-order valence-corrected chi connectivity index (χ3v) is 5.10. The third kappa shape index (κ3) is 3.19. The molecule has 2 aliphatic rings. The highest BCUT2D eigenvalue weighted by molar-refractivity contribution is 5.96. The van der Waals surface area contributed by atoms with E-state index in [1.165, 1.54) is 29.3 Å². The minimum atomic E-state index is -0.700. The average Bonchev–Trinajstić information content (AvgIpc) is 3.30. The van der Waals surface area contributed by atoms with Crippen LogP contribution in [-0.4, -0.2) is 32.1 Å². The summed E-state index contributed by atoms with van der Waals surface area (Å²) in [5.74, 6) is -2.14. The Labute approximate surface area is 168 Å². The smallest absolute Gasteiger partial charge is 0.267 e. The minimum absolute atomic E-state index is 0.351. The summed E-state index contributed by atoms with van der Waals surface area (Å²) < 4.78 is 42.0. The van der Waals surface area contributed by atoms with Crippen molar-refractivity contribution in [1.82, 2.24) is 20.0 Å². The Morgan fingerprint density at radius 2 is 1.87 bits per heavy atom. The molecule has 2 heterocycles. The number of halogens is 3. The lowest BCUT2D eigenvalue weighted by molar-refractivity contribution is -0.129. The normalized spacial score (nSPS) is 17.8. The summed E-state index contributed by atoms with van der Waals surface area (Å²) in [6.45, 7) is 0.376. The number of nitrogens with zero attached hydrogens (tertiary/aromatic N) is 5. The van der Waals surface area contributed by atoms with Gasteiger partial charge in [0.25, 0.3) is 5.91 Å². The van der Waals surface area contributed by atoms with Crippen molar-refractivity contribution in [3.8, 4) is 0 Å². The molecule has 30 heavy (non-hydrogen) atoms. The maximum Gasteiger partial charge on any atom is 0.278 e. The molecular formula is C21H14F3N5O. The number of aromatic nitrogens is 3. The first-order chi connectivity index (χ1) is 14.5. The molecule has 1 amide bonds. The molecule has 9 heteroatoms. The third-order valence-electron chi connectivity index (χ3n) is 5.10. The molecule has 6 nitrogen and oxygen atoms in total. The molecule has 150 valence electrons. The summed E-state index contributed by atoms with van der Waals surface area (Å²) in [5, 5.41) is 13.3. The summed E-state index contributed by atoms with van der Waals surface area (Å²) >= 11 is 0. The van der Waals surface area contributed by atoms with Gasteiger partial charge < -0.3 is 0 Å². The van der Waals surface area contributed by atoms with Crippen LogP contribution in [0.1, 0.15) is 24.4 Å². The van der Waals surface area contributed by atoms with E-state index < -0.39 is 17.7 Å². The number of fused-ring (bicyclic) bond motifs is 1. The summed E-state index contributed by atoms with van der Waals surface area (Å²) in [7, 11) is 0. The fraction of sp³-hybridized carbons (Fsp3) is 0.190. The first-order valence-electron chi connectivity index (χ1n) is 9.26. The molecule has 0 radical (unpaired) electrons. The van der Waals surface area contributed by atoms with E-state index in [9.17, 15) is 18.0 Å². The van der Waals surface area contributed by atoms with Crippen molar-refractivity contribution in [2.45, 2.75) is 25.4 Å². The molecule has 0 spiro atoms. The van der Waals surface area contributed by atoms with Gasteiger partial charge in [-0.2, -0.15) is 5.10 Å². The van der Waals surface area contributed by atoms with Crippen LogP contribution in [0.25, 0.3) is 11.0 Å². The molecule has 1 unspecified atom stereocenters. The fourth-order valence-electron chi connectivity index (χ4n) is 3.67. The van der Waals surface area contributed by atoms with Gasteiger partial charge in [0.15, 0.2) is 0 Å². The zero-order chi connectivity index (χ0) is 20.8. The highest BCUT2D eigenvalue weighted by Gasteiger charge is 2.33. The van der Waals surface area contributed by atoms with Crippen LogP contribution in [0, 0.1) is 17.5 Å². The molecule has 0 bridgehead atoms. The molecule has 1 aliphatic carbocycles. The molecule has 0 saturated heterocycles. The Morgan fingerprint density at radius 3 is 2.63 bits per heavy atom. The Hall–Kier alpha value is -3.71. The van der Waals surface area contributed by atoms with Gasteiger partial charge in [0.05, 0.1) is 23.7 Å². The van der Waals surface area contributed by atoms with Gasteiger partial charge in [-0.05, 0) is 35.4 Å². The number of hydrazone groups is 1. The van der Waals surface area contributed by atoms with Crippen molar-refractivity contribution in [3.05, 3.63) is 76.3 Å². The van der Waals surface area contributed by atoms with Crippen LogP contribution < -0.4 is 0 Å². The van der Waals surface area contributed by atoms with Crippen LogP contribution in [-0.2, 0) is 11.3 Å². The first-order valence-corrected chi connectivity index (χ1v) is 9.26. The molecule has 2 aromatic carbocycles. The van der Waals surface area contributed by atoms with Crippen molar-refractivity contribution in [3.63, 3.8) is 0 Å². The van der Waals surface area contributed by atoms with Crippen LogP contribution >= 0.6 is 0 Å². The highest BCUT2D eigenvalue weighted by Crippen LogP contribution is 2.33. The molecule has 1 atom stereocenters. The summed E-state index contributed by atoms with van der Waals surface area (Å²) in [4.78, 5) is 12.8. The van der Waals surface area contributed by atoms with Gasteiger partial charge in [-0.3, -0.25) is 4.79 Å². The predicted octanol–water partition coefficient (Wildman–Crippen LogP) is 3.66. The molecule has 1 aromatic heterocycles. The Morgan fingerprint density at radius 1 is 1.10 bits per heavy atom. The molecule has 0 N–H and O–H groups in total. The van der Waals surface area contributed by atoms with Gasteiger partial charge in [-0.15, -0.1) is 10.8 Å². The van der Waals surface area contributed by atoms with Gasteiger partial charge in [0, 0.05) is 31.2 Å². The van der Waals surface area contributed by atoms with Gasteiger partial charge in [0.2, 0.25) is 0 Å². The second kappa shape index (κ2) is 6.96. The Balaban J connectivity index is 1.36. The maximum atomic E-state index is 13.6. The first kappa shape index (κ1) is 18.3. The number of carbonyl (C=O) groups is 1. The Kier molecular flexibility index (Phi) is 4.25. The van der Waals surface area contributed by atoms with E-state index in [-0.39, 0.29) is 11.7 Å². The highest BCUT2D eigenvalue weighted by atomic mass is 19.1. The number of carbonyl (C=O) groups excluding carboxylic acids is 1. The molecule has 0 fully saturated rings. The van der Waals surface area contributed by atoms with Crippen LogP contribution in [0.3, 0.4) is 0 Å². The fourth-order valence-corrected chi connectivity index (χ4v) is 3.67. The number of hydrogen-bond donors (Lipinski definition) is 0. The van der Waals surface area contributed by atoms with E-state index in [2.05, 4.69) is 21.1 Å². The van der Waals surface area contributed by atoms with E-state index in [1.54, 1.807) is 17.0 Å². The quantitative estimate of drug-likeness (QED) is 0.618. The SMILES string of the molecule is O=C(C1=C=C(Cn2nnc3cc(F)ccc32)C1)N1N=CCC1c1cc(F)cc(F)c1. The van der Waals surface area contributed by atoms with Crippen molar-refractivity contribution < 1.29 is 18.0 Å². The maximum absolute atomic E-state index is 13.6. The van der Waals surface area contributed by atoms with Crippen LogP contribution in [0.4, 0.5) is 13.2 Å². The lowest BCUT2D eigenvalue weighted by atomic mass is 9.95. The summed E-state index contributed by atoms with van der Waals surface area (Å²) in [6, 6.07) is 6.88. The van der Waals surface area contributed by atoms with Gasteiger partial charge >= 0.3 is 0 Å². The second-order valence-electron chi connectivity index (χ2n) is 7.17. The molecule has 1 aliphatic heterocycles. The zero-order valence-corrected chi connectivity index (χ0v) is 15.5. The van der Waals surface area contributed by atoms with Crippen molar-refractivity contribution >= 4 is 23.2 Å². The standard InChI is InChI=1S/C21H14F3N5O/c22-15-1-2-20-18(10-15)26-27-28(20)11-12-5-14(6-12)21(30)29-19(3-4-25-29)13-7-16(23)9-17(24)8-13/h1-2,4,7-10,19H,3,5,11H2. The van der Waals surface area contributed by atoms with Crippen LogP contribution in [0.15, 0.2) is 58.4 Å². The van der Waals surface area contributed by atoms with Crippen molar-refractivity contribution in [2.24, 2.45) is 5.10 Å². The lowest BCUT2D eigenvalue weighted by Gasteiger charge is -2.25. The van der Waals surface area contributed by atoms with Gasteiger partial charge in [-0.1, -0.05) is 5.21 Å². The van der Waals surface area contributed by atoms with Gasteiger partial charge in [-0.25, -0.2) is 22.9 Å². The van der Waals surface area contributed by atoms with E-state index >= 15 is 0 Å². The van der Waals surface area contributed by atoms with Crippen LogP contribution in [0.5, 0.6) is 0 Å². The second-order valence-corrected chi connectivity index (χ2v) is 7.17. The number of rotatable bonds is 4. The van der Waals surface area contributed by atoms with Crippen molar-refractivity contribution in [1.29, 1.82) is 0 Å². The Bertz CT molecular complexity index is 1270.